The van der Waals surface area contributed by atoms with Gasteiger partial charge in [0.25, 0.3) is 0 Å². The van der Waals surface area contributed by atoms with E-state index in [2.05, 4.69) is 39.5 Å². The molecular formula is C13H10N2S3. The van der Waals surface area contributed by atoms with Crippen molar-refractivity contribution in [2.24, 2.45) is 0 Å². The van der Waals surface area contributed by atoms with Crippen LogP contribution in [-0.4, -0.2) is 27.2 Å². The van der Waals surface area contributed by atoms with Gasteiger partial charge in [-0.25, -0.2) is 4.98 Å². The van der Waals surface area contributed by atoms with Crippen LogP contribution in [0.1, 0.15) is 16.8 Å². The van der Waals surface area contributed by atoms with Crippen molar-refractivity contribution >= 4 is 40.3 Å². The first-order chi connectivity index (χ1) is 8.84. The first-order valence-electron chi connectivity index (χ1n) is 5.78. The molecule has 0 N–H and O–H groups in total. The van der Waals surface area contributed by atoms with E-state index in [0.29, 0.717) is 0 Å². The highest BCUT2D eigenvalue weighted by Crippen LogP contribution is 2.55. The fourth-order valence-corrected chi connectivity index (χ4v) is 5.46. The number of aromatic nitrogens is 1. The minimum Gasteiger partial charge on any atom is -0.338 e. The quantitative estimate of drug-likeness (QED) is 0.750. The van der Waals surface area contributed by atoms with E-state index in [0.717, 1.165) is 23.0 Å². The first kappa shape index (κ1) is 11.0. The molecule has 1 fully saturated rings. The van der Waals surface area contributed by atoms with E-state index >= 15 is 0 Å². The number of rotatable bonds is 1. The Morgan fingerprint density at radius 2 is 2.22 bits per heavy atom. The molecule has 1 atom stereocenters. The summed E-state index contributed by atoms with van der Waals surface area (Å²) in [5.74, 6) is 1.10. The van der Waals surface area contributed by atoms with Gasteiger partial charge < -0.3 is 4.90 Å². The first-order valence-corrected chi connectivity index (χ1v) is 8.12. The monoisotopic (exact) mass is 290 g/mol. The van der Waals surface area contributed by atoms with Gasteiger partial charge in [-0.05, 0) is 0 Å². The Hall–Kier alpha value is -0.910. The number of benzene rings is 1. The van der Waals surface area contributed by atoms with Crippen molar-refractivity contribution in [1.29, 1.82) is 0 Å². The van der Waals surface area contributed by atoms with E-state index in [4.69, 9.17) is 12.2 Å². The summed E-state index contributed by atoms with van der Waals surface area (Å²) in [6.07, 6.45) is 0. The topological polar surface area (TPSA) is 16.1 Å². The summed E-state index contributed by atoms with van der Waals surface area (Å²) in [4.78, 5) is 7.72. The molecule has 0 spiro atoms. The third-order valence-electron chi connectivity index (χ3n) is 3.55. The van der Waals surface area contributed by atoms with E-state index in [9.17, 15) is 0 Å². The third kappa shape index (κ3) is 1.19. The maximum atomic E-state index is 5.65. The van der Waals surface area contributed by atoms with E-state index in [-0.39, 0.29) is 4.87 Å². The van der Waals surface area contributed by atoms with E-state index in [1.165, 1.54) is 11.1 Å². The van der Waals surface area contributed by atoms with Crippen LogP contribution in [0.3, 0.4) is 0 Å². The fraction of sp³-hybridized carbons (Fsp3) is 0.231. The molecule has 2 aliphatic heterocycles. The molecule has 0 amide bonds. The van der Waals surface area contributed by atoms with Gasteiger partial charge in [-0.3, -0.25) is 0 Å². The molecule has 90 valence electrons. The van der Waals surface area contributed by atoms with Crippen molar-refractivity contribution in [3.05, 3.63) is 52.0 Å². The average molecular weight is 290 g/mol. The second kappa shape index (κ2) is 3.79. The van der Waals surface area contributed by atoms with E-state index < -0.39 is 0 Å². The highest BCUT2D eigenvalue weighted by molar-refractivity contribution is 8.00. The number of hydrogen-bond acceptors (Lipinski definition) is 4. The number of thioether (sulfide) groups is 1. The minimum atomic E-state index is -0.159. The van der Waals surface area contributed by atoms with Crippen LogP contribution in [0.4, 0.5) is 0 Å². The normalized spacial score (nSPS) is 25.3. The fourth-order valence-electron chi connectivity index (χ4n) is 2.83. The second-order valence-corrected chi connectivity index (χ2v) is 6.76. The van der Waals surface area contributed by atoms with E-state index in [1.54, 1.807) is 11.3 Å². The highest BCUT2D eigenvalue weighted by Gasteiger charge is 2.53. The van der Waals surface area contributed by atoms with Crippen molar-refractivity contribution in [3.8, 4) is 0 Å². The van der Waals surface area contributed by atoms with Crippen LogP contribution in [0.2, 0.25) is 0 Å². The van der Waals surface area contributed by atoms with Gasteiger partial charge >= 0.3 is 0 Å². The number of hydrogen-bond donors (Lipinski definition) is 0. The third-order valence-corrected chi connectivity index (χ3v) is 6.03. The van der Waals surface area contributed by atoms with Crippen LogP contribution < -0.4 is 0 Å². The molecule has 3 heterocycles. The van der Waals surface area contributed by atoms with Crippen LogP contribution >= 0.6 is 35.3 Å². The lowest BCUT2D eigenvalue weighted by Crippen LogP contribution is -2.37. The molecule has 1 aromatic heterocycles. The lowest BCUT2D eigenvalue weighted by atomic mass is 10.0. The van der Waals surface area contributed by atoms with Crippen molar-refractivity contribution in [3.63, 3.8) is 0 Å². The van der Waals surface area contributed by atoms with E-state index in [1.807, 2.05) is 17.3 Å². The molecule has 1 saturated heterocycles. The Labute approximate surface area is 119 Å². The second-order valence-electron chi connectivity index (χ2n) is 4.37. The summed E-state index contributed by atoms with van der Waals surface area (Å²) in [6, 6.07) is 8.48. The molecule has 0 bridgehead atoms. The number of fused-ring (bicyclic) bond motifs is 3. The molecule has 2 nitrogen and oxygen atoms in total. The van der Waals surface area contributed by atoms with Crippen molar-refractivity contribution in [2.45, 2.75) is 4.87 Å². The molecule has 0 saturated carbocycles. The molecule has 18 heavy (non-hydrogen) atoms. The van der Waals surface area contributed by atoms with Crippen molar-refractivity contribution in [2.75, 3.05) is 12.3 Å². The molecule has 1 unspecified atom stereocenters. The smallest absolute Gasteiger partial charge is 0.157 e. The lowest BCUT2D eigenvalue weighted by Gasteiger charge is -2.31. The molecule has 0 aliphatic carbocycles. The molecular weight excluding hydrogens is 280 g/mol. The summed E-state index contributed by atoms with van der Waals surface area (Å²) in [5.41, 5.74) is 5.55. The van der Waals surface area contributed by atoms with Gasteiger partial charge in [0.1, 0.15) is 4.99 Å². The summed E-state index contributed by atoms with van der Waals surface area (Å²) in [7, 11) is 0. The summed E-state index contributed by atoms with van der Waals surface area (Å²) < 4.78 is 0. The predicted octanol–water partition coefficient (Wildman–Crippen LogP) is 3.08. The zero-order valence-corrected chi connectivity index (χ0v) is 11.9. The Kier molecular flexibility index (Phi) is 2.31. The Bertz CT molecular complexity index is 623. The minimum absolute atomic E-state index is 0.159. The lowest BCUT2D eigenvalue weighted by molar-refractivity contribution is 0.380. The molecule has 4 rings (SSSR count). The van der Waals surface area contributed by atoms with Gasteiger partial charge in [0.15, 0.2) is 4.87 Å². The van der Waals surface area contributed by atoms with Gasteiger partial charge in [0.2, 0.25) is 0 Å². The zero-order chi connectivity index (χ0) is 12.2. The molecule has 1 aromatic carbocycles. The van der Waals surface area contributed by atoms with Crippen LogP contribution in [0.15, 0.2) is 35.2 Å². The van der Waals surface area contributed by atoms with Gasteiger partial charge in [-0.2, -0.15) is 0 Å². The predicted molar refractivity (Wildman–Crippen MR) is 80.2 cm³/mol. The number of nitrogens with zero attached hydrogens (tertiary/aromatic N) is 2. The van der Waals surface area contributed by atoms with Gasteiger partial charge in [-0.1, -0.05) is 36.5 Å². The van der Waals surface area contributed by atoms with Crippen LogP contribution in [-0.2, 0) is 4.87 Å². The molecule has 5 heteroatoms. The highest BCUT2D eigenvalue weighted by atomic mass is 32.2. The molecule has 2 aromatic rings. The summed E-state index contributed by atoms with van der Waals surface area (Å²) in [6.45, 7) is 1.01. The summed E-state index contributed by atoms with van der Waals surface area (Å²) in [5, 5.41) is 2.15. The van der Waals surface area contributed by atoms with Crippen molar-refractivity contribution in [1.82, 2.24) is 9.88 Å². The zero-order valence-electron chi connectivity index (χ0n) is 9.50. The molecule has 2 aliphatic rings. The Morgan fingerprint density at radius 1 is 1.33 bits per heavy atom. The number of thiocarbonyl (C=S) groups is 1. The maximum Gasteiger partial charge on any atom is 0.157 e. The molecule has 0 radical (unpaired) electrons. The Balaban J connectivity index is 2.03. The van der Waals surface area contributed by atoms with Gasteiger partial charge in [-0.15, -0.1) is 23.1 Å². The largest absolute Gasteiger partial charge is 0.338 e. The van der Waals surface area contributed by atoms with Crippen LogP contribution in [0.5, 0.6) is 0 Å². The van der Waals surface area contributed by atoms with Crippen LogP contribution in [0.25, 0.3) is 0 Å². The SMILES string of the molecule is S=C1c2ccccc2C2(c3cscn3)SCCN12. The maximum absolute atomic E-state index is 5.65. The standard InChI is InChI=1S/C13H10N2S3/c16-12-9-3-1-2-4-10(9)13(11-7-17-8-14-11)15(12)5-6-18-13/h1-4,7-8H,5-6H2. The van der Waals surface area contributed by atoms with Crippen molar-refractivity contribution < 1.29 is 0 Å². The van der Waals surface area contributed by atoms with Crippen LogP contribution in [0, 0.1) is 0 Å². The average Bonchev–Trinajstić information content (AvgIpc) is 3.09. The number of thiazole rings is 1. The van der Waals surface area contributed by atoms with Gasteiger partial charge in [0.05, 0.1) is 11.2 Å². The summed E-state index contributed by atoms with van der Waals surface area (Å²) >= 11 is 9.24. The van der Waals surface area contributed by atoms with Gasteiger partial charge in [0, 0.05) is 28.8 Å². The Morgan fingerprint density at radius 3 is 3.06 bits per heavy atom.